The summed E-state index contributed by atoms with van der Waals surface area (Å²) in [7, 11) is 0. The molecule has 6 heteroatoms. The monoisotopic (exact) mass is 430 g/mol. The molecule has 3 rings (SSSR count). The Balaban J connectivity index is 1.97. The molecule has 134 valence electrons. The summed E-state index contributed by atoms with van der Waals surface area (Å²) in [4.78, 5) is 19.7. The van der Waals surface area contributed by atoms with E-state index in [0.29, 0.717) is 22.2 Å². The number of phenolic OH excluding ortho intramolecular Hbond substituents is 1. The van der Waals surface area contributed by atoms with E-state index in [9.17, 15) is 9.90 Å². The number of rotatable bonds is 4. The van der Waals surface area contributed by atoms with Crippen molar-refractivity contribution in [1.82, 2.24) is 4.90 Å². The molecule has 0 bridgehead atoms. The Bertz CT molecular complexity index is 891. The third kappa shape index (κ3) is 4.19. The number of carbonyl (C=O) groups excluding carboxylic acids is 1. The van der Waals surface area contributed by atoms with Crippen LogP contribution in [-0.4, -0.2) is 27.6 Å². The molecule has 4 nitrogen and oxygen atoms in total. The summed E-state index contributed by atoms with van der Waals surface area (Å²) in [5.41, 5.74) is 2.59. The number of carbonyl (C=O) groups is 1. The van der Waals surface area contributed by atoms with Crippen molar-refractivity contribution in [2.45, 2.75) is 20.3 Å². The fraction of sp³-hybridized carbons (Fsp3) is 0.200. The van der Waals surface area contributed by atoms with Gasteiger partial charge in [-0.2, -0.15) is 0 Å². The van der Waals surface area contributed by atoms with Gasteiger partial charge in [0, 0.05) is 16.6 Å². The van der Waals surface area contributed by atoms with E-state index in [4.69, 9.17) is 0 Å². The number of amides is 1. The number of halogens is 1. The Morgan fingerprint density at radius 2 is 1.96 bits per heavy atom. The standard InChI is InChI=1S/C20H19BrN2O2S/c1-3-10-23-19(25)18(12-14-11-15(21)6-9-17(14)24)26-20(23)22-16-7-4-13(2)5-8-16/h4-9,11-12,24H,3,10H2,1-2H3/b18-12+,22-20?. The normalized spacial score (nSPS) is 17.5. The van der Waals surface area contributed by atoms with Crippen molar-refractivity contribution in [2.75, 3.05) is 6.54 Å². The van der Waals surface area contributed by atoms with E-state index >= 15 is 0 Å². The van der Waals surface area contributed by atoms with E-state index in [1.165, 1.54) is 17.3 Å². The lowest BCUT2D eigenvalue weighted by Gasteiger charge is -2.14. The Morgan fingerprint density at radius 1 is 1.23 bits per heavy atom. The predicted octanol–water partition coefficient (Wildman–Crippen LogP) is 5.48. The molecule has 1 amide bonds. The van der Waals surface area contributed by atoms with Crippen molar-refractivity contribution in [1.29, 1.82) is 0 Å². The van der Waals surface area contributed by atoms with Crippen molar-refractivity contribution in [3.05, 3.63) is 63.0 Å². The molecule has 0 saturated carbocycles. The molecule has 0 aromatic heterocycles. The second-order valence-electron chi connectivity index (χ2n) is 6.00. The summed E-state index contributed by atoms with van der Waals surface area (Å²) in [6.45, 7) is 4.67. The molecular formula is C20H19BrN2O2S. The molecule has 2 aromatic carbocycles. The van der Waals surface area contributed by atoms with Crippen LogP contribution in [0.4, 0.5) is 5.69 Å². The van der Waals surface area contributed by atoms with Gasteiger partial charge in [-0.1, -0.05) is 40.5 Å². The van der Waals surface area contributed by atoms with Crippen LogP contribution in [0.15, 0.2) is 56.8 Å². The van der Waals surface area contributed by atoms with Crippen LogP contribution in [0.2, 0.25) is 0 Å². The first-order chi connectivity index (χ1) is 12.5. The van der Waals surface area contributed by atoms with Crippen molar-refractivity contribution in [2.24, 2.45) is 4.99 Å². The molecule has 0 aliphatic carbocycles. The van der Waals surface area contributed by atoms with E-state index in [-0.39, 0.29) is 11.7 Å². The average Bonchev–Trinajstić information content (AvgIpc) is 2.89. The maximum atomic E-state index is 12.8. The van der Waals surface area contributed by atoms with Crippen LogP contribution in [0.3, 0.4) is 0 Å². The van der Waals surface area contributed by atoms with Crippen molar-refractivity contribution in [3.63, 3.8) is 0 Å². The molecular weight excluding hydrogens is 412 g/mol. The van der Waals surface area contributed by atoms with Gasteiger partial charge in [0.2, 0.25) is 0 Å². The molecule has 1 N–H and O–H groups in total. The lowest BCUT2D eigenvalue weighted by molar-refractivity contribution is -0.122. The molecule has 1 saturated heterocycles. The number of nitrogens with zero attached hydrogens (tertiary/aromatic N) is 2. The van der Waals surface area contributed by atoms with Gasteiger partial charge in [0.05, 0.1) is 10.6 Å². The van der Waals surface area contributed by atoms with Crippen LogP contribution in [0, 0.1) is 6.92 Å². The maximum absolute atomic E-state index is 12.8. The van der Waals surface area contributed by atoms with Gasteiger partial charge in [0.15, 0.2) is 5.17 Å². The number of hydrogen-bond donors (Lipinski definition) is 1. The molecule has 1 aliphatic heterocycles. The number of aliphatic imine (C=N–C) groups is 1. The number of hydrogen-bond acceptors (Lipinski definition) is 4. The van der Waals surface area contributed by atoms with Crippen LogP contribution < -0.4 is 0 Å². The van der Waals surface area contributed by atoms with E-state index in [1.807, 2.05) is 38.1 Å². The molecule has 26 heavy (non-hydrogen) atoms. The first-order valence-electron chi connectivity index (χ1n) is 8.33. The summed E-state index contributed by atoms with van der Waals surface area (Å²) in [5.74, 6) is 0.0575. The van der Waals surface area contributed by atoms with Gasteiger partial charge >= 0.3 is 0 Å². The third-order valence-electron chi connectivity index (χ3n) is 3.87. The topological polar surface area (TPSA) is 52.9 Å². The highest BCUT2D eigenvalue weighted by Crippen LogP contribution is 2.36. The van der Waals surface area contributed by atoms with E-state index < -0.39 is 0 Å². The van der Waals surface area contributed by atoms with Gasteiger partial charge in [-0.05, 0) is 61.5 Å². The maximum Gasteiger partial charge on any atom is 0.266 e. The first kappa shape index (κ1) is 18.7. The molecule has 2 aromatic rings. The Labute approximate surface area is 165 Å². The molecule has 1 heterocycles. The average molecular weight is 431 g/mol. The van der Waals surface area contributed by atoms with E-state index in [2.05, 4.69) is 20.9 Å². The zero-order valence-electron chi connectivity index (χ0n) is 14.6. The zero-order valence-corrected chi connectivity index (χ0v) is 17.0. The lowest BCUT2D eigenvalue weighted by Crippen LogP contribution is -2.29. The highest BCUT2D eigenvalue weighted by molar-refractivity contribution is 9.10. The van der Waals surface area contributed by atoms with Crippen LogP contribution in [0.1, 0.15) is 24.5 Å². The van der Waals surface area contributed by atoms with Gasteiger partial charge in [-0.3, -0.25) is 9.69 Å². The first-order valence-corrected chi connectivity index (χ1v) is 9.94. The van der Waals surface area contributed by atoms with Crippen molar-refractivity contribution >= 4 is 50.5 Å². The minimum absolute atomic E-state index is 0.0814. The minimum atomic E-state index is -0.0814. The summed E-state index contributed by atoms with van der Waals surface area (Å²) >= 11 is 4.73. The predicted molar refractivity (Wildman–Crippen MR) is 112 cm³/mol. The summed E-state index contributed by atoms with van der Waals surface area (Å²) < 4.78 is 0.844. The van der Waals surface area contributed by atoms with Crippen LogP contribution >= 0.6 is 27.7 Å². The van der Waals surface area contributed by atoms with Gasteiger partial charge in [-0.15, -0.1) is 0 Å². The number of phenols is 1. The van der Waals surface area contributed by atoms with Gasteiger partial charge in [0.1, 0.15) is 5.75 Å². The second kappa shape index (κ2) is 8.10. The van der Waals surface area contributed by atoms with Crippen molar-refractivity contribution < 1.29 is 9.90 Å². The Morgan fingerprint density at radius 3 is 2.65 bits per heavy atom. The SMILES string of the molecule is CCCN1C(=O)/C(=C\c2cc(Br)ccc2O)SC1=Nc1ccc(C)cc1. The lowest BCUT2D eigenvalue weighted by atomic mass is 10.2. The van der Waals surface area contributed by atoms with E-state index in [1.54, 1.807) is 29.2 Å². The van der Waals surface area contributed by atoms with Crippen LogP contribution in [0.5, 0.6) is 5.75 Å². The molecule has 0 radical (unpaired) electrons. The smallest absolute Gasteiger partial charge is 0.266 e. The highest BCUT2D eigenvalue weighted by atomic mass is 79.9. The van der Waals surface area contributed by atoms with Crippen LogP contribution in [-0.2, 0) is 4.79 Å². The number of aromatic hydroxyl groups is 1. The Hall–Kier alpha value is -2.05. The number of aryl methyl sites for hydroxylation is 1. The molecule has 0 atom stereocenters. The van der Waals surface area contributed by atoms with Crippen molar-refractivity contribution in [3.8, 4) is 5.75 Å². The second-order valence-corrected chi connectivity index (χ2v) is 7.93. The summed E-state index contributed by atoms with van der Waals surface area (Å²) in [5, 5.41) is 10.7. The fourth-order valence-corrected chi connectivity index (χ4v) is 3.92. The third-order valence-corrected chi connectivity index (χ3v) is 5.37. The largest absolute Gasteiger partial charge is 0.507 e. The number of benzene rings is 2. The molecule has 0 unspecified atom stereocenters. The number of thioether (sulfide) groups is 1. The van der Waals surface area contributed by atoms with Crippen LogP contribution in [0.25, 0.3) is 6.08 Å². The fourth-order valence-electron chi connectivity index (χ4n) is 2.52. The van der Waals surface area contributed by atoms with Gasteiger partial charge in [0.25, 0.3) is 5.91 Å². The molecule has 1 fully saturated rings. The minimum Gasteiger partial charge on any atom is -0.507 e. The number of amidine groups is 1. The highest BCUT2D eigenvalue weighted by Gasteiger charge is 2.32. The van der Waals surface area contributed by atoms with Gasteiger partial charge in [-0.25, -0.2) is 4.99 Å². The quantitative estimate of drug-likeness (QED) is 0.653. The summed E-state index contributed by atoms with van der Waals surface area (Å²) in [6, 6.07) is 13.0. The van der Waals surface area contributed by atoms with E-state index in [0.717, 1.165) is 16.6 Å². The zero-order chi connectivity index (χ0) is 18.7. The Kier molecular flexibility index (Phi) is 5.84. The molecule has 1 aliphatic rings. The summed E-state index contributed by atoms with van der Waals surface area (Å²) in [6.07, 6.45) is 2.56. The molecule has 0 spiro atoms. The van der Waals surface area contributed by atoms with Gasteiger partial charge < -0.3 is 5.11 Å².